The Labute approximate surface area is 180 Å². The van der Waals surface area contributed by atoms with Crippen molar-refractivity contribution < 1.29 is 19.8 Å². The highest BCUT2D eigenvalue weighted by atomic mass is 16.4. The van der Waals surface area contributed by atoms with Gasteiger partial charge in [-0.05, 0) is 94.1 Å². The fraction of sp³-hybridized carbons (Fsp3) is 0.692. The smallest absolute Gasteiger partial charge is 0.309 e. The molecule has 4 heteroatoms. The lowest BCUT2D eigenvalue weighted by Crippen LogP contribution is -2.54. The second-order valence-corrected chi connectivity index (χ2v) is 11.3. The summed E-state index contributed by atoms with van der Waals surface area (Å²) in [6.45, 7) is 14.3. The van der Waals surface area contributed by atoms with Gasteiger partial charge in [0.05, 0.1) is 11.0 Å². The van der Waals surface area contributed by atoms with Crippen molar-refractivity contribution in [1.82, 2.24) is 0 Å². The van der Waals surface area contributed by atoms with Gasteiger partial charge in [0.1, 0.15) is 0 Å². The highest BCUT2D eigenvalue weighted by Gasteiger charge is 2.64. The standard InChI is InChI=1S/C26H36O4/c1-15-13-25(5)21(10-11-26(25,30)16(2)14-24(3,4)23(28)29)20-8-6-17-12-18(27)7-9-19(17)22(15)20/h12,19-22,30H,1-2,6-11,13-14H2,3-5H3,(H,28,29)/t19-,20-,21-,22+,25-,26+/m0/s1. The highest BCUT2D eigenvalue weighted by molar-refractivity contribution is 5.91. The average Bonchev–Trinajstić information content (AvgIpc) is 2.92. The fourth-order valence-corrected chi connectivity index (χ4v) is 7.55. The van der Waals surface area contributed by atoms with E-state index in [9.17, 15) is 19.8 Å². The van der Waals surface area contributed by atoms with Gasteiger partial charge in [-0.25, -0.2) is 0 Å². The van der Waals surface area contributed by atoms with Crippen LogP contribution in [0.15, 0.2) is 36.0 Å². The van der Waals surface area contributed by atoms with Gasteiger partial charge >= 0.3 is 5.97 Å². The Kier molecular flexibility index (Phi) is 4.97. The molecule has 0 heterocycles. The van der Waals surface area contributed by atoms with E-state index in [1.165, 1.54) is 11.1 Å². The van der Waals surface area contributed by atoms with Gasteiger partial charge in [-0.1, -0.05) is 31.2 Å². The molecule has 0 unspecified atom stereocenters. The Hall–Kier alpha value is -1.68. The molecule has 4 nitrogen and oxygen atoms in total. The lowest BCUT2D eigenvalue weighted by atomic mass is 9.48. The number of rotatable bonds is 4. The molecule has 4 rings (SSSR count). The third-order valence-electron chi connectivity index (χ3n) is 9.17. The minimum Gasteiger partial charge on any atom is -0.481 e. The molecule has 164 valence electrons. The van der Waals surface area contributed by atoms with E-state index in [1.807, 2.05) is 6.08 Å². The van der Waals surface area contributed by atoms with Crippen molar-refractivity contribution in [3.8, 4) is 0 Å². The number of carbonyl (C=O) groups excluding carboxylic acids is 1. The van der Waals surface area contributed by atoms with E-state index in [-0.39, 0.29) is 17.6 Å². The minimum atomic E-state index is -1.06. The van der Waals surface area contributed by atoms with Crippen LogP contribution in [0.25, 0.3) is 0 Å². The number of hydrogen-bond donors (Lipinski definition) is 2. The number of fused-ring (bicyclic) bond motifs is 5. The molecule has 3 saturated carbocycles. The lowest BCUT2D eigenvalue weighted by Gasteiger charge is -2.57. The fourth-order valence-electron chi connectivity index (χ4n) is 7.55. The van der Waals surface area contributed by atoms with Crippen LogP contribution < -0.4 is 0 Å². The Morgan fingerprint density at radius 3 is 2.63 bits per heavy atom. The molecule has 0 aromatic heterocycles. The molecular weight excluding hydrogens is 376 g/mol. The Morgan fingerprint density at radius 1 is 1.27 bits per heavy atom. The molecule has 30 heavy (non-hydrogen) atoms. The summed E-state index contributed by atoms with van der Waals surface area (Å²) in [6.07, 6.45) is 8.09. The summed E-state index contributed by atoms with van der Waals surface area (Å²) >= 11 is 0. The molecule has 2 N–H and O–H groups in total. The first kappa shape index (κ1) is 21.5. The summed E-state index contributed by atoms with van der Waals surface area (Å²) in [6, 6.07) is 0. The highest BCUT2D eigenvalue weighted by Crippen LogP contribution is 2.67. The third kappa shape index (κ3) is 2.97. The van der Waals surface area contributed by atoms with Crippen LogP contribution in [0.3, 0.4) is 0 Å². The van der Waals surface area contributed by atoms with E-state index in [0.29, 0.717) is 42.1 Å². The van der Waals surface area contributed by atoms with Gasteiger partial charge in [0, 0.05) is 11.8 Å². The number of carbonyl (C=O) groups is 2. The van der Waals surface area contributed by atoms with Crippen LogP contribution in [0, 0.1) is 34.5 Å². The van der Waals surface area contributed by atoms with Crippen molar-refractivity contribution in [2.75, 3.05) is 0 Å². The molecule has 6 atom stereocenters. The molecule has 4 aliphatic carbocycles. The zero-order chi connectivity index (χ0) is 22.1. The Morgan fingerprint density at radius 2 is 1.97 bits per heavy atom. The van der Waals surface area contributed by atoms with Gasteiger partial charge < -0.3 is 10.2 Å². The summed E-state index contributed by atoms with van der Waals surface area (Å²) < 4.78 is 0. The van der Waals surface area contributed by atoms with Crippen molar-refractivity contribution in [2.24, 2.45) is 34.5 Å². The van der Waals surface area contributed by atoms with Crippen LogP contribution in [0.5, 0.6) is 0 Å². The topological polar surface area (TPSA) is 74.6 Å². The molecule has 0 spiro atoms. The predicted octanol–water partition coefficient (Wildman–Crippen LogP) is 5.08. The number of ketones is 1. The van der Waals surface area contributed by atoms with Gasteiger partial charge in [0.15, 0.2) is 5.78 Å². The first-order chi connectivity index (χ1) is 13.9. The van der Waals surface area contributed by atoms with E-state index < -0.39 is 17.0 Å². The number of hydrogen-bond acceptors (Lipinski definition) is 3. The molecule has 0 bridgehead atoms. The largest absolute Gasteiger partial charge is 0.481 e. The first-order valence-corrected chi connectivity index (χ1v) is 11.5. The van der Waals surface area contributed by atoms with E-state index >= 15 is 0 Å². The maximum Gasteiger partial charge on any atom is 0.309 e. The van der Waals surface area contributed by atoms with Crippen LogP contribution in [-0.2, 0) is 9.59 Å². The molecular formula is C26H36O4. The summed E-state index contributed by atoms with van der Waals surface area (Å²) in [7, 11) is 0. The van der Waals surface area contributed by atoms with Crippen molar-refractivity contribution in [3.05, 3.63) is 36.0 Å². The summed E-state index contributed by atoms with van der Waals surface area (Å²) in [5.74, 6) is 1.09. The van der Waals surface area contributed by atoms with Crippen molar-refractivity contribution in [2.45, 2.75) is 77.7 Å². The van der Waals surface area contributed by atoms with Gasteiger partial charge in [-0.2, -0.15) is 0 Å². The lowest BCUT2D eigenvalue weighted by molar-refractivity contribution is -0.147. The average molecular weight is 413 g/mol. The molecule has 3 fully saturated rings. The molecule has 0 aromatic rings. The third-order valence-corrected chi connectivity index (χ3v) is 9.17. The van der Waals surface area contributed by atoms with Crippen LogP contribution in [0.2, 0.25) is 0 Å². The zero-order valence-corrected chi connectivity index (χ0v) is 18.7. The number of aliphatic carboxylic acids is 1. The van der Waals surface area contributed by atoms with Crippen molar-refractivity contribution >= 4 is 11.8 Å². The predicted molar refractivity (Wildman–Crippen MR) is 117 cm³/mol. The number of aliphatic hydroxyl groups is 1. The molecule has 0 radical (unpaired) electrons. The maximum atomic E-state index is 11.9. The van der Waals surface area contributed by atoms with Crippen LogP contribution in [0.4, 0.5) is 0 Å². The second kappa shape index (κ2) is 6.91. The minimum absolute atomic E-state index is 0.263. The van der Waals surface area contributed by atoms with E-state index in [2.05, 4.69) is 20.1 Å². The first-order valence-electron chi connectivity index (χ1n) is 11.5. The second-order valence-electron chi connectivity index (χ2n) is 11.3. The quantitative estimate of drug-likeness (QED) is 0.631. The molecule has 0 saturated heterocycles. The number of carboxylic acids is 1. The SMILES string of the molecule is C=C1C[C@@]2(C)[C@@H](CC[C@@]2(O)C(=C)CC(C)(C)C(=O)O)[C@@H]2CCC3=CC(=O)CC[C@@H]3[C@@H]12. The number of carboxylic acid groups (broad SMARTS) is 1. The molecule has 0 aromatic carbocycles. The Bertz CT molecular complexity index is 849. The van der Waals surface area contributed by atoms with Gasteiger partial charge in [-0.3, -0.25) is 9.59 Å². The van der Waals surface area contributed by atoms with E-state index in [1.54, 1.807) is 13.8 Å². The van der Waals surface area contributed by atoms with Crippen molar-refractivity contribution in [3.63, 3.8) is 0 Å². The molecule has 0 amide bonds. The molecule has 4 aliphatic rings. The van der Waals surface area contributed by atoms with Crippen LogP contribution in [0.1, 0.15) is 72.1 Å². The van der Waals surface area contributed by atoms with Gasteiger partial charge in [0.2, 0.25) is 0 Å². The summed E-state index contributed by atoms with van der Waals surface area (Å²) in [5, 5.41) is 21.5. The van der Waals surface area contributed by atoms with Crippen molar-refractivity contribution in [1.29, 1.82) is 0 Å². The van der Waals surface area contributed by atoms with Crippen LogP contribution in [-0.4, -0.2) is 27.6 Å². The number of allylic oxidation sites excluding steroid dienone is 2. The normalized spacial score (nSPS) is 40.9. The Balaban J connectivity index is 1.64. The monoisotopic (exact) mass is 412 g/mol. The van der Waals surface area contributed by atoms with Gasteiger partial charge in [-0.15, -0.1) is 0 Å². The maximum absolute atomic E-state index is 11.9. The van der Waals surface area contributed by atoms with E-state index in [0.717, 1.165) is 32.1 Å². The summed E-state index contributed by atoms with van der Waals surface area (Å²) in [5.41, 5.74) is 0.812. The summed E-state index contributed by atoms with van der Waals surface area (Å²) in [4.78, 5) is 23.6. The van der Waals surface area contributed by atoms with E-state index in [4.69, 9.17) is 0 Å². The molecule has 0 aliphatic heterocycles. The zero-order valence-electron chi connectivity index (χ0n) is 18.7. The van der Waals surface area contributed by atoms with Crippen LogP contribution >= 0.6 is 0 Å². The van der Waals surface area contributed by atoms with Gasteiger partial charge in [0.25, 0.3) is 0 Å².